The normalized spacial score (nSPS) is 29.4. The Morgan fingerprint density at radius 3 is 2.18 bits per heavy atom. The van der Waals surface area contributed by atoms with Crippen LogP contribution in [0, 0.1) is 5.21 Å². The Bertz CT molecular complexity index is 314. The van der Waals surface area contributed by atoms with E-state index in [1.165, 1.54) is 43.0 Å². The van der Waals surface area contributed by atoms with Crippen molar-refractivity contribution < 1.29 is 0 Å². The fourth-order valence-corrected chi connectivity index (χ4v) is 3.11. The molecule has 2 rings (SSSR count). The van der Waals surface area contributed by atoms with Crippen LogP contribution in [0.15, 0.2) is 11.6 Å². The van der Waals surface area contributed by atoms with E-state index in [1.807, 2.05) is 27.7 Å². The molecule has 0 saturated carbocycles. The van der Waals surface area contributed by atoms with Crippen LogP contribution in [0.1, 0.15) is 47.0 Å². The predicted molar refractivity (Wildman–Crippen MR) is 71.7 cm³/mol. The fraction of sp³-hybridized carbons (Fsp3) is 0.857. The average molecular weight is 237 g/mol. The number of hydroxylamine groups is 2. The summed E-state index contributed by atoms with van der Waals surface area (Å²) >= 11 is 0. The largest absolute Gasteiger partial charge is 0.784 e. The second-order valence-electron chi connectivity index (χ2n) is 6.51. The Labute approximate surface area is 105 Å². The third kappa shape index (κ3) is 2.42. The van der Waals surface area contributed by atoms with E-state index in [-0.39, 0.29) is 11.1 Å². The van der Waals surface area contributed by atoms with Gasteiger partial charge in [-0.3, -0.25) is 4.90 Å². The van der Waals surface area contributed by atoms with Gasteiger partial charge in [-0.25, -0.2) is 0 Å². The molecule has 2 heterocycles. The van der Waals surface area contributed by atoms with Gasteiger partial charge in [0.05, 0.1) is 0 Å². The van der Waals surface area contributed by atoms with Gasteiger partial charge in [-0.05, 0) is 59.2 Å². The minimum atomic E-state index is -0.353. The maximum Gasteiger partial charge on any atom is 0.0267 e. The lowest BCUT2D eigenvalue weighted by molar-refractivity contribution is 0.149. The van der Waals surface area contributed by atoms with E-state index < -0.39 is 0 Å². The summed E-state index contributed by atoms with van der Waals surface area (Å²) in [6, 6.07) is 0. The molecular weight excluding hydrogens is 212 g/mol. The van der Waals surface area contributed by atoms with Crippen molar-refractivity contribution in [2.24, 2.45) is 0 Å². The van der Waals surface area contributed by atoms with Crippen molar-refractivity contribution >= 4 is 0 Å². The van der Waals surface area contributed by atoms with E-state index in [4.69, 9.17) is 0 Å². The quantitative estimate of drug-likeness (QED) is 0.692. The minimum Gasteiger partial charge on any atom is -0.784 e. The van der Waals surface area contributed by atoms with Crippen molar-refractivity contribution in [3.05, 3.63) is 16.9 Å². The first-order valence-corrected chi connectivity index (χ1v) is 6.76. The zero-order valence-electron chi connectivity index (χ0n) is 11.6. The molecule has 0 spiro atoms. The molecule has 0 radical (unpaired) electrons. The van der Waals surface area contributed by atoms with Crippen LogP contribution in [0.5, 0.6) is 0 Å². The predicted octanol–water partition coefficient (Wildman–Crippen LogP) is 2.77. The molecule has 0 aromatic heterocycles. The van der Waals surface area contributed by atoms with Crippen molar-refractivity contribution in [1.29, 1.82) is 0 Å². The third-order valence-corrected chi connectivity index (χ3v) is 4.19. The van der Waals surface area contributed by atoms with E-state index in [2.05, 4.69) is 11.0 Å². The summed E-state index contributed by atoms with van der Waals surface area (Å²) < 4.78 is 0. The highest BCUT2D eigenvalue weighted by atomic mass is 16.5. The van der Waals surface area contributed by atoms with E-state index in [0.717, 1.165) is 6.54 Å². The van der Waals surface area contributed by atoms with Crippen LogP contribution in [0.4, 0.5) is 0 Å². The summed E-state index contributed by atoms with van der Waals surface area (Å²) in [5, 5.41) is 13.5. The fourth-order valence-electron chi connectivity index (χ4n) is 3.11. The molecule has 0 bridgehead atoms. The molecule has 1 fully saturated rings. The number of rotatable bonds is 2. The van der Waals surface area contributed by atoms with Gasteiger partial charge in [0.2, 0.25) is 0 Å². The number of likely N-dealkylation sites (tertiary alicyclic amines) is 1. The molecule has 0 aliphatic carbocycles. The molecule has 2 aliphatic heterocycles. The molecule has 2 aliphatic rings. The highest BCUT2D eigenvalue weighted by Gasteiger charge is 2.39. The Kier molecular flexibility index (Phi) is 3.36. The van der Waals surface area contributed by atoms with Crippen LogP contribution >= 0.6 is 0 Å². The second-order valence-corrected chi connectivity index (χ2v) is 6.51. The van der Waals surface area contributed by atoms with E-state index >= 15 is 0 Å². The maximum absolute atomic E-state index is 12.2. The Hall–Kier alpha value is -0.380. The molecule has 0 aromatic rings. The molecule has 17 heavy (non-hydrogen) atoms. The van der Waals surface area contributed by atoms with Crippen LogP contribution in [0.2, 0.25) is 0 Å². The molecule has 98 valence electrons. The van der Waals surface area contributed by atoms with Crippen LogP contribution in [0.3, 0.4) is 0 Å². The van der Waals surface area contributed by atoms with Crippen LogP contribution in [0.25, 0.3) is 0 Å². The standard InChI is InChI=1S/C14H25N2O/c1-13(2)10-12(14(3,4)16(13)17)11-15-8-6-5-7-9-15/h10H,5-9,11H2,1-4H3/q-1. The van der Waals surface area contributed by atoms with Crippen molar-refractivity contribution in [2.45, 2.75) is 58.0 Å². The highest BCUT2D eigenvalue weighted by molar-refractivity contribution is 5.32. The first-order valence-electron chi connectivity index (χ1n) is 6.76. The summed E-state index contributed by atoms with van der Waals surface area (Å²) in [4.78, 5) is 2.49. The Balaban J connectivity index is 2.09. The van der Waals surface area contributed by atoms with Gasteiger partial charge in [0.25, 0.3) is 0 Å². The van der Waals surface area contributed by atoms with Gasteiger partial charge < -0.3 is 10.3 Å². The lowest BCUT2D eigenvalue weighted by Gasteiger charge is -2.48. The van der Waals surface area contributed by atoms with Crippen LogP contribution in [-0.4, -0.2) is 40.7 Å². The molecule has 1 saturated heterocycles. The second kappa shape index (κ2) is 4.38. The monoisotopic (exact) mass is 237 g/mol. The van der Waals surface area contributed by atoms with Gasteiger partial charge in [0, 0.05) is 17.6 Å². The van der Waals surface area contributed by atoms with Gasteiger partial charge in [0.1, 0.15) is 0 Å². The first kappa shape index (κ1) is 13.1. The zero-order valence-corrected chi connectivity index (χ0v) is 11.6. The number of nitrogens with zero attached hydrogens (tertiary/aromatic N) is 2. The van der Waals surface area contributed by atoms with Crippen LogP contribution < -0.4 is 0 Å². The van der Waals surface area contributed by atoms with Gasteiger partial charge in [-0.1, -0.05) is 12.5 Å². The zero-order chi connectivity index (χ0) is 12.7. The Morgan fingerprint density at radius 1 is 1.12 bits per heavy atom. The SMILES string of the molecule is CC1(C)C=C(CN2CCCCC2)C(C)(C)N1[O-]. The number of hydrogen-bond donors (Lipinski definition) is 0. The first-order chi connectivity index (χ1) is 7.84. The highest BCUT2D eigenvalue weighted by Crippen LogP contribution is 2.39. The lowest BCUT2D eigenvalue weighted by Crippen LogP contribution is -2.47. The summed E-state index contributed by atoms with van der Waals surface area (Å²) in [6.07, 6.45) is 6.14. The Morgan fingerprint density at radius 2 is 1.71 bits per heavy atom. The third-order valence-electron chi connectivity index (χ3n) is 4.19. The topological polar surface area (TPSA) is 29.5 Å². The summed E-state index contributed by atoms with van der Waals surface area (Å²) in [5.74, 6) is 0. The molecule has 0 atom stereocenters. The van der Waals surface area contributed by atoms with Gasteiger partial charge in [-0.2, -0.15) is 0 Å². The molecule has 0 aromatic carbocycles. The average Bonchev–Trinajstić information content (AvgIpc) is 2.41. The molecule has 0 amide bonds. The molecule has 0 unspecified atom stereocenters. The van der Waals surface area contributed by atoms with Crippen molar-refractivity contribution in [1.82, 2.24) is 9.96 Å². The van der Waals surface area contributed by atoms with E-state index in [1.54, 1.807) is 0 Å². The van der Waals surface area contributed by atoms with E-state index in [9.17, 15) is 5.21 Å². The van der Waals surface area contributed by atoms with Gasteiger partial charge >= 0.3 is 0 Å². The van der Waals surface area contributed by atoms with E-state index in [0.29, 0.717) is 0 Å². The smallest absolute Gasteiger partial charge is 0.0267 e. The summed E-state index contributed by atoms with van der Waals surface area (Å²) in [7, 11) is 0. The van der Waals surface area contributed by atoms with Crippen molar-refractivity contribution in [3.63, 3.8) is 0 Å². The molecule has 3 nitrogen and oxygen atoms in total. The van der Waals surface area contributed by atoms with Gasteiger partial charge in [-0.15, -0.1) is 0 Å². The van der Waals surface area contributed by atoms with Crippen molar-refractivity contribution in [3.8, 4) is 0 Å². The van der Waals surface area contributed by atoms with Crippen molar-refractivity contribution in [2.75, 3.05) is 19.6 Å². The van der Waals surface area contributed by atoms with Crippen LogP contribution in [-0.2, 0) is 0 Å². The minimum absolute atomic E-state index is 0.346. The van der Waals surface area contributed by atoms with Gasteiger partial charge in [0.15, 0.2) is 0 Å². The summed E-state index contributed by atoms with van der Waals surface area (Å²) in [5.41, 5.74) is 0.592. The molecular formula is C14H25N2O-. The number of piperidine rings is 1. The maximum atomic E-state index is 12.2. The molecule has 0 N–H and O–H groups in total. The lowest BCUT2D eigenvalue weighted by atomic mass is 9.95. The summed E-state index contributed by atoms with van der Waals surface area (Å²) in [6.45, 7) is 11.4. The molecule has 3 heteroatoms. The number of hydrogen-bond acceptors (Lipinski definition) is 3.